The Labute approximate surface area is 89.7 Å². The van der Waals surface area contributed by atoms with E-state index in [-0.39, 0.29) is 0 Å². The number of nitrogens with two attached hydrogens (primary N) is 1. The van der Waals surface area contributed by atoms with Crippen molar-refractivity contribution in [2.75, 3.05) is 13.1 Å². The van der Waals surface area contributed by atoms with Crippen LogP contribution in [-0.2, 0) is 6.54 Å². The van der Waals surface area contributed by atoms with E-state index < -0.39 is 0 Å². The van der Waals surface area contributed by atoms with Gasteiger partial charge in [-0.25, -0.2) is 0 Å². The number of likely N-dealkylation sites (tertiary alicyclic amines) is 1. The third-order valence-corrected chi connectivity index (χ3v) is 3.84. The summed E-state index contributed by atoms with van der Waals surface area (Å²) in [6.07, 6.45) is 2.31. The van der Waals surface area contributed by atoms with Crippen LogP contribution >= 0.6 is 11.3 Å². The molecule has 2 N–H and O–H groups in total. The molecule has 0 aliphatic carbocycles. The molecule has 0 unspecified atom stereocenters. The van der Waals surface area contributed by atoms with Gasteiger partial charge in [0.05, 0.1) is 0 Å². The van der Waals surface area contributed by atoms with Gasteiger partial charge in [0.2, 0.25) is 0 Å². The first-order valence-corrected chi connectivity index (χ1v) is 6.14. The second kappa shape index (κ2) is 4.43. The predicted molar refractivity (Wildman–Crippen MR) is 61.5 cm³/mol. The summed E-state index contributed by atoms with van der Waals surface area (Å²) in [4.78, 5) is 3.99. The number of piperidine rings is 1. The Kier molecular flexibility index (Phi) is 3.21. The number of nitrogens with zero attached hydrogens (tertiary/aromatic N) is 1. The zero-order valence-corrected chi connectivity index (χ0v) is 9.52. The number of thiophene rings is 1. The normalized spacial score (nSPS) is 20.1. The Morgan fingerprint density at radius 3 is 2.79 bits per heavy atom. The van der Waals surface area contributed by atoms with E-state index in [0.29, 0.717) is 6.04 Å². The molecule has 2 nitrogen and oxygen atoms in total. The molecule has 0 spiro atoms. The molecule has 0 saturated carbocycles. The minimum Gasteiger partial charge on any atom is -0.328 e. The Bertz CT molecular complexity index is 287. The van der Waals surface area contributed by atoms with Gasteiger partial charge in [-0.05, 0) is 49.9 Å². The lowest BCUT2D eigenvalue weighted by Gasteiger charge is -2.29. The number of hydrogen-bond acceptors (Lipinski definition) is 3. The predicted octanol–water partition coefficient (Wildman–Crippen LogP) is 1.98. The minimum absolute atomic E-state index is 0.441. The molecule has 1 aliphatic heterocycles. The van der Waals surface area contributed by atoms with E-state index in [1.807, 2.05) is 11.3 Å². The molecule has 0 radical (unpaired) electrons. The summed E-state index contributed by atoms with van der Waals surface area (Å²) in [6.45, 7) is 5.60. The highest BCUT2D eigenvalue weighted by Gasteiger charge is 2.16. The van der Waals surface area contributed by atoms with E-state index >= 15 is 0 Å². The first kappa shape index (κ1) is 10.1. The van der Waals surface area contributed by atoms with Gasteiger partial charge in [-0.2, -0.15) is 0 Å². The van der Waals surface area contributed by atoms with Gasteiger partial charge in [-0.1, -0.05) is 0 Å². The fourth-order valence-corrected chi connectivity index (χ4v) is 2.82. The van der Waals surface area contributed by atoms with E-state index in [4.69, 9.17) is 5.73 Å². The SMILES string of the molecule is Cc1csc(CN2CCC(N)CC2)c1. The third-order valence-electron chi connectivity index (χ3n) is 2.80. The second-order valence-corrected chi connectivity index (χ2v) is 5.20. The molecule has 2 heterocycles. The fourth-order valence-electron chi connectivity index (χ4n) is 1.90. The maximum absolute atomic E-state index is 5.87. The van der Waals surface area contributed by atoms with Crippen LogP contribution < -0.4 is 5.73 Å². The van der Waals surface area contributed by atoms with E-state index in [1.54, 1.807) is 0 Å². The van der Waals surface area contributed by atoms with Crippen LogP contribution in [0.1, 0.15) is 23.3 Å². The van der Waals surface area contributed by atoms with Crippen LogP contribution in [-0.4, -0.2) is 24.0 Å². The summed E-state index contributed by atoms with van der Waals surface area (Å²) in [5.74, 6) is 0. The highest BCUT2D eigenvalue weighted by Crippen LogP contribution is 2.18. The number of hydrogen-bond donors (Lipinski definition) is 1. The van der Waals surface area contributed by atoms with Crippen molar-refractivity contribution in [3.8, 4) is 0 Å². The molecule has 0 atom stereocenters. The zero-order chi connectivity index (χ0) is 9.97. The Morgan fingerprint density at radius 1 is 1.50 bits per heavy atom. The van der Waals surface area contributed by atoms with Crippen LogP contribution in [0.5, 0.6) is 0 Å². The molecule has 0 bridgehead atoms. The molecular formula is C11H18N2S. The molecule has 0 amide bonds. The maximum atomic E-state index is 5.87. The van der Waals surface area contributed by atoms with Gasteiger partial charge in [0.15, 0.2) is 0 Å². The lowest BCUT2D eigenvalue weighted by Crippen LogP contribution is -2.39. The standard InChI is InChI=1S/C11H18N2S/c1-9-6-11(14-8-9)7-13-4-2-10(12)3-5-13/h6,8,10H,2-5,7,12H2,1H3. The molecule has 1 aliphatic rings. The summed E-state index contributed by atoms with van der Waals surface area (Å²) in [7, 11) is 0. The van der Waals surface area contributed by atoms with Crippen molar-refractivity contribution in [2.45, 2.75) is 32.4 Å². The molecule has 0 aromatic carbocycles. The molecule has 14 heavy (non-hydrogen) atoms. The fraction of sp³-hybridized carbons (Fsp3) is 0.636. The van der Waals surface area contributed by atoms with E-state index in [1.165, 1.54) is 10.4 Å². The molecule has 78 valence electrons. The van der Waals surface area contributed by atoms with Crippen LogP contribution in [0.15, 0.2) is 11.4 Å². The lowest BCUT2D eigenvalue weighted by atomic mass is 10.1. The summed E-state index contributed by atoms with van der Waals surface area (Å²) in [5.41, 5.74) is 7.26. The third kappa shape index (κ3) is 2.56. The van der Waals surface area contributed by atoms with Crippen LogP contribution in [0, 0.1) is 6.92 Å². The molecule has 3 heteroatoms. The van der Waals surface area contributed by atoms with Crippen molar-refractivity contribution in [3.63, 3.8) is 0 Å². The van der Waals surface area contributed by atoms with Gasteiger partial charge in [0, 0.05) is 17.5 Å². The number of rotatable bonds is 2. The maximum Gasteiger partial charge on any atom is 0.0328 e. The van der Waals surface area contributed by atoms with Crippen molar-refractivity contribution in [1.82, 2.24) is 4.90 Å². The lowest BCUT2D eigenvalue weighted by molar-refractivity contribution is 0.207. The van der Waals surface area contributed by atoms with Crippen molar-refractivity contribution in [2.24, 2.45) is 5.73 Å². The summed E-state index contributed by atoms with van der Waals surface area (Å²) in [6, 6.07) is 2.73. The largest absolute Gasteiger partial charge is 0.328 e. The van der Waals surface area contributed by atoms with Gasteiger partial charge in [0.1, 0.15) is 0 Å². The van der Waals surface area contributed by atoms with E-state index in [9.17, 15) is 0 Å². The molecule has 1 aromatic rings. The smallest absolute Gasteiger partial charge is 0.0328 e. The highest BCUT2D eigenvalue weighted by molar-refractivity contribution is 7.10. The van der Waals surface area contributed by atoms with Gasteiger partial charge in [-0.15, -0.1) is 11.3 Å². The van der Waals surface area contributed by atoms with Crippen molar-refractivity contribution < 1.29 is 0 Å². The number of aryl methyl sites for hydroxylation is 1. The van der Waals surface area contributed by atoms with Crippen LogP contribution in [0.4, 0.5) is 0 Å². The van der Waals surface area contributed by atoms with Crippen LogP contribution in [0.2, 0.25) is 0 Å². The van der Waals surface area contributed by atoms with Crippen molar-refractivity contribution >= 4 is 11.3 Å². The highest BCUT2D eigenvalue weighted by atomic mass is 32.1. The summed E-state index contributed by atoms with van der Waals surface area (Å²) >= 11 is 1.87. The van der Waals surface area contributed by atoms with Gasteiger partial charge in [0.25, 0.3) is 0 Å². The Hall–Kier alpha value is -0.380. The molecule has 1 fully saturated rings. The molecule has 1 saturated heterocycles. The Morgan fingerprint density at radius 2 is 2.21 bits per heavy atom. The van der Waals surface area contributed by atoms with Gasteiger partial charge >= 0.3 is 0 Å². The zero-order valence-electron chi connectivity index (χ0n) is 8.70. The first-order chi connectivity index (χ1) is 6.74. The first-order valence-electron chi connectivity index (χ1n) is 5.26. The average molecular weight is 210 g/mol. The van der Waals surface area contributed by atoms with E-state index in [0.717, 1.165) is 32.5 Å². The average Bonchev–Trinajstić information content (AvgIpc) is 2.56. The monoisotopic (exact) mass is 210 g/mol. The van der Waals surface area contributed by atoms with Crippen molar-refractivity contribution in [1.29, 1.82) is 0 Å². The van der Waals surface area contributed by atoms with Gasteiger partial charge in [-0.3, -0.25) is 4.90 Å². The summed E-state index contributed by atoms with van der Waals surface area (Å²) in [5, 5.41) is 2.23. The summed E-state index contributed by atoms with van der Waals surface area (Å²) < 4.78 is 0. The van der Waals surface area contributed by atoms with Crippen LogP contribution in [0.3, 0.4) is 0 Å². The Balaban J connectivity index is 1.86. The molecule has 2 rings (SSSR count). The van der Waals surface area contributed by atoms with Crippen LogP contribution in [0.25, 0.3) is 0 Å². The van der Waals surface area contributed by atoms with E-state index in [2.05, 4.69) is 23.3 Å². The van der Waals surface area contributed by atoms with Crippen molar-refractivity contribution in [3.05, 3.63) is 21.9 Å². The minimum atomic E-state index is 0.441. The molecular weight excluding hydrogens is 192 g/mol. The quantitative estimate of drug-likeness (QED) is 0.809. The second-order valence-electron chi connectivity index (χ2n) is 4.20. The topological polar surface area (TPSA) is 29.3 Å². The molecule has 1 aromatic heterocycles. The van der Waals surface area contributed by atoms with Gasteiger partial charge < -0.3 is 5.73 Å².